The molecule has 0 aliphatic carbocycles. The third kappa shape index (κ3) is 4.47. The van der Waals surface area contributed by atoms with Crippen LogP contribution in [0.25, 0.3) is 0 Å². The monoisotopic (exact) mass is 332 g/mol. The normalized spacial score (nSPS) is 15.5. The first-order valence-electron chi connectivity index (χ1n) is 8.11. The minimum atomic E-state index is -0.719. The maximum Gasteiger partial charge on any atom is 0.312 e. The van der Waals surface area contributed by atoms with Crippen LogP contribution in [0.3, 0.4) is 0 Å². The fraction of sp³-hybridized carbons (Fsp3) is 0.471. The van der Waals surface area contributed by atoms with Crippen molar-refractivity contribution in [3.05, 3.63) is 29.8 Å². The van der Waals surface area contributed by atoms with Gasteiger partial charge in [0.25, 0.3) is 0 Å². The standard InChI is InChI=1S/C17H24N4O3/c1-11(2)15(20-17(18)24)16(23)19-10-12-5-7-13(8-6-12)21-9-3-4-14(21)22/h5-8,11,15H,3-4,9-10H2,1-2H3,(H,19,23)(H3,18,20,24). The number of nitrogens with one attached hydrogen (secondary N) is 2. The van der Waals surface area contributed by atoms with Gasteiger partial charge in [-0.3, -0.25) is 9.59 Å². The molecule has 1 fully saturated rings. The Kier molecular flexibility index (Phi) is 5.78. The molecule has 1 aliphatic heterocycles. The van der Waals surface area contributed by atoms with Gasteiger partial charge in [0.2, 0.25) is 11.8 Å². The number of urea groups is 1. The first kappa shape index (κ1) is 17.8. The highest BCUT2D eigenvalue weighted by Gasteiger charge is 2.23. The van der Waals surface area contributed by atoms with E-state index in [0.29, 0.717) is 13.0 Å². The lowest BCUT2D eigenvalue weighted by molar-refractivity contribution is -0.124. The zero-order chi connectivity index (χ0) is 17.7. The smallest absolute Gasteiger partial charge is 0.312 e. The number of nitrogens with zero attached hydrogens (tertiary/aromatic N) is 1. The second-order valence-corrected chi connectivity index (χ2v) is 6.26. The molecule has 1 aromatic carbocycles. The molecule has 1 unspecified atom stereocenters. The predicted molar refractivity (Wildman–Crippen MR) is 91.2 cm³/mol. The molecule has 7 nitrogen and oxygen atoms in total. The number of rotatable bonds is 6. The molecule has 24 heavy (non-hydrogen) atoms. The number of hydrogen-bond donors (Lipinski definition) is 3. The lowest BCUT2D eigenvalue weighted by atomic mass is 10.0. The molecule has 0 bridgehead atoms. The van der Waals surface area contributed by atoms with Gasteiger partial charge in [0.1, 0.15) is 6.04 Å². The molecule has 1 aromatic rings. The van der Waals surface area contributed by atoms with Gasteiger partial charge >= 0.3 is 6.03 Å². The second kappa shape index (κ2) is 7.81. The van der Waals surface area contributed by atoms with Crippen molar-refractivity contribution in [3.63, 3.8) is 0 Å². The van der Waals surface area contributed by atoms with Crippen molar-refractivity contribution in [3.8, 4) is 0 Å². The lowest BCUT2D eigenvalue weighted by Crippen LogP contribution is -2.51. The van der Waals surface area contributed by atoms with Crippen molar-refractivity contribution in [1.82, 2.24) is 10.6 Å². The lowest BCUT2D eigenvalue weighted by Gasteiger charge is -2.20. The topological polar surface area (TPSA) is 105 Å². The van der Waals surface area contributed by atoms with Crippen LogP contribution < -0.4 is 21.3 Å². The maximum absolute atomic E-state index is 12.2. The fourth-order valence-corrected chi connectivity index (χ4v) is 2.70. The molecule has 0 saturated carbocycles. The summed E-state index contributed by atoms with van der Waals surface area (Å²) in [5.41, 5.74) is 6.90. The van der Waals surface area contributed by atoms with Gasteiger partial charge in [-0.05, 0) is 30.0 Å². The Balaban J connectivity index is 1.92. The highest BCUT2D eigenvalue weighted by atomic mass is 16.2. The van der Waals surface area contributed by atoms with Crippen molar-refractivity contribution in [1.29, 1.82) is 0 Å². The number of amides is 4. The van der Waals surface area contributed by atoms with Crippen LogP contribution >= 0.6 is 0 Å². The molecule has 0 radical (unpaired) electrons. The zero-order valence-electron chi connectivity index (χ0n) is 14.0. The second-order valence-electron chi connectivity index (χ2n) is 6.26. The first-order valence-corrected chi connectivity index (χ1v) is 8.11. The highest BCUT2D eigenvalue weighted by molar-refractivity contribution is 5.95. The molecular weight excluding hydrogens is 308 g/mol. The number of carbonyl (C=O) groups excluding carboxylic acids is 3. The van der Waals surface area contributed by atoms with Gasteiger partial charge in [0.05, 0.1) is 0 Å². The SMILES string of the molecule is CC(C)C(NC(N)=O)C(=O)NCc1ccc(N2CCCC2=O)cc1. The van der Waals surface area contributed by atoms with Gasteiger partial charge in [0.15, 0.2) is 0 Å². The third-order valence-corrected chi connectivity index (χ3v) is 4.04. The third-order valence-electron chi connectivity index (χ3n) is 4.04. The number of benzene rings is 1. The molecule has 1 heterocycles. The van der Waals surface area contributed by atoms with Crippen LogP contribution in [0, 0.1) is 5.92 Å². The van der Waals surface area contributed by atoms with E-state index >= 15 is 0 Å². The van der Waals surface area contributed by atoms with Gasteiger partial charge in [-0.25, -0.2) is 4.79 Å². The van der Waals surface area contributed by atoms with E-state index in [1.807, 2.05) is 38.1 Å². The molecule has 4 N–H and O–H groups in total. The minimum Gasteiger partial charge on any atom is -0.352 e. The van der Waals surface area contributed by atoms with Crippen molar-refractivity contribution < 1.29 is 14.4 Å². The van der Waals surface area contributed by atoms with E-state index in [0.717, 1.165) is 24.2 Å². The average Bonchev–Trinajstić information content (AvgIpc) is 2.96. The molecule has 130 valence electrons. The Morgan fingerprint density at radius 1 is 1.25 bits per heavy atom. The average molecular weight is 332 g/mol. The Hall–Kier alpha value is -2.57. The van der Waals surface area contributed by atoms with E-state index in [2.05, 4.69) is 10.6 Å². The summed E-state index contributed by atoms with van der Waals surface area (Å²) in [6.45, 7) is 4.77. The van der Waals surface area contributed by atoms with Gasteiger partial charge in [-0.1, -0.05) is 26.0 Å². The quantitative estimate of drug-likeness (QED) is 0.727. The van der Waals surface area contributed by atoms with Crippen molar-refractivity contribution in [2.45, 2.75) is 39.3 Å². The van der Waals surface area contributed by atoms with E-state index in [1.54, 1.807) is 4.90 Å². The van der Waals surface area contributed by atoms with Gasteiger partial charge < -0.3 is 21.3 Å². The maximum atomic E-state index is 12.2. The summed E-state index contributed by atoms with van der Waals surface area (Å²) in [6.07, 6.45) is 1.49. The van der Waals surface area contributed by atoms with Crippen molar-refractivity contribution in [2.24, 2.45) is 11.7 Å². The minimum absolute atomic E-state index is 0.0685. The molecular formula is C17H24N4O3. The molecule has 1 aliphatic rings. The summed E-state index contributed by atoms with van der Waals surface area (Å²) >= 11 is 0. The van der Waals surface area contributed by atoms with E-state index < -0.39 is 12.1 Å². The number of hydrogen-bond acceptors (Lipinski definition) is 3. The van der Waals surface area contributed by atoms with Crippen molar-refractivity contribution in [2.75, 3.05) is 11.4 Å². The summed E-state index contributed by atoms with van der Waals surface area (Å²) in [6, 6.07) is 6.14. The highest BCUT2D eigenvalue weighted by Crippen LogP contribution is 2.21. The van der Waals surface area contributed by atoms with Crippen molar-refractivity contribution >= 4 is 23.5 Å². The van der Waals surface area contributed by atoms with E-state index in [-0.39, 0.29) is 17.7 Å². The van der Waals surface area contributed by atoms with Crippen LogP contribution in [0.4, 0.5) is 10.5 Å². The molecule has 4 amide bonds. The molecule has 0 spiro atoms. The summed E-state index contributed by atoms with van der Waals surface area (Å²) < 4.78 is 0. The molecule has 0 aromatic heterocycles. The van der Waals surface area contributed by atoms with Gasteiger partial charge in [0, 0.05) is 25.2 Å². The van der Waals surface area contributed by atoms with Crippen LogP contribution in [0.15, 0.2) is 24.3 Å². The Bertz CT molecular complexity index is 613. The van der Waals surface area contributed by atoms with Crippen LogP contribution in [-0.4, -0.2) is 30.4 Å². The zero-order valence-corrected chi connectivity index (χ0v) is 14.0. The number of nitrogens with two attached hydrogens (primary N) is 1. The molecule has 7 heteroatoms. The van der Waals surface area contributed by atoms with Gasteiger partial charge in [-0.15, -0.1) is 0 Å². The van der Waals surface area contributed by atoms with Crippen LogP contribution in [0.2, 0.25) is 0 Å². The summed E-state index contributed by atoms with van der Waals surface area (Å²) in [4.78, 5) is 36.7. The van der Waals surface area contributed by atoms with E-state index in [4.69, 9.17) is 5.73 Å². The number of carbonyl (C=O) groups is 3. The molecule has 2 rings (SSSR count). The molecule has 1 atom stereocenters. The van der Waals surface area contributed by atoms with Crippen LogP contribution in [-0.2, 0) is 16.1 Å². The fourth-order valence-electron chi connectivity index (χ4n) is 2.70. The summed E-state index contributed by atoms with van der Waals surface area (Å²) in [5.74, 6) is -0.197. The Morgan fingerprint density at radius 3 is 2.42 bits per heavy atom. The van der Waals surface area contributed by atoms with E-state index in [9.17, 15) is 14.4 Å². The first-order chi connectivity index (χ1) is 11.4. The molecule has 1 saturated heterocycles. The number of anilines is 1. The number of primary amides is 1. The summed E-state index contributed by atoms with van der Waals surface area (Å²) in [7, 11) is 0. The Morgan fingerprint density at radius 2 is 1.92 bits per heavy atom. The Labute approximate surface area is 141 Å². The summed E-state index contributed by atoms with van der Waals surface area (Å²) in [5, 5.41) is 5.24. The van der Waals surface area contributed by atoms with Crippen LogP contribution in [0.1, 0.15) is 32.3 Å². The van der Waals surface area contributed by atoms with Gasteiger partial charge in [-0.2, -0.15) is 0 Å². The van der Waals surface area contributed by atoms with Crippen LogP contribution in [0.5, 0.6) is 0 Å². The van der Waals surface area contributed by atoms with E-state index in [1.165, 1.54) is 0 Å². The largest absolute Gasteiger partial charge is 0.352 e. The predicted octanol–water partition coefficient (Wildman–Crippen LogP) is 1.12.